The van der Waals surface area contributed by atoms with Gasteiger partial charge in [-0.15, -0.1) is 0 Å². The van der Waals surface area contributed by atoms with Gasteiger partial charge in [-0.25, -0.2) is 0 Å². The average molecular weight is 199 g/mol. The normalized spacial score (nSPS) is 21.4. The van der Waals surface area contributed by atoms with Gasteiger partial charge in [0.1, 0.15) is 0 Å². The molecule has 0 radical (unpaired) electrons. The molecule has 1 aliphatic heterocycles. The third-order valence-corrected chi connectivity index (χ3v) is 3.63. The Bertz CT molecular complexity index is 139. The van der Waals surface area contributed by atoms with Crippen molar-refractivity contribution in [2.45, 2.75) is 52.0 Å². The molecule has 84 valence electrons. The quantitative estimate of drug-likeness (QED) is 0.738. The molecule has 0 aromatic carbocycles. The Hall–Kier alpha value is -0.0800. The van der Waals surface area contributed by atoms with Crippen LogP contribution in [0.4, 0.5) is 0 Å². The molecule has 1 fully saturated rings. The molecule has 1 atom stereocenters. The van der Waals surface area contributed by atoms with Gasteiger partial charge in [0.15, 0.2) is 0 Å². The van der Waals surface area contributed by atoms with E-state index in [0.717, 1.165) is 19.1 Å². The molecule has 0 aromatic rings. The lowest BCUT2D eigenvalue weighted by atomic mass is 9.84. The second-order valence-electron chi connectivity index (χ2n) is 4.53. The molecule has 1 saturated heterocycles. The van der Waals surface area contributed by atoms with Crippen molar-refractivity contribution in [3.05, 3.63) is 0 Å². The van der Waals surface area contributed by atoms with Crippen LogP contribution in [0.15, 0.2) is 0 Å². The molecular formula is C12H25NO. The summed E-state index contributed by atoms with van der Waals surface area (Å²) < 4.78 is 5.35. The van der Waals surface area contributed by atoms with E-state index in [4.69, 9.17) is 10.5 Å². The second-order valence-corrected chi connectivity index (χ2v) is 4.53. The molecule has 0 amide bonds. The van der Waals surface area contributed by atoms with Crippen molar-refractivity contribution < 1.29 is 4.74 Å². The number of rotatable bonds is 5. The summed E-state index contributed by atoms with van der Waals surface area (Å²) in [6.07, 6.45) is 6.08. The third-order valence-electron chi connectivity index (χ3n) is 3.63. The van der Waals surface area contributed by atoms with Crippen molar-refractivity contribution in [3.63, 3.8) is 0 Å². The Labute approximate surface area is 88.2 Å². The number of hydrogen-bond donors (Lipinski definition) is 1. The zero-order valence-electron chi connectivity index (χ0n) is 9.67. The first-order chi connectivity index (χ1) is 6.77. The van der Waals surface area contributed by atoms with E-state index >= 15 is 0 Å². The second kappa shape index (κ2) is 6.41. The molecule has 0 saturated carbocycles. The number of nitrogens with two attached hydrogens (primary N) is 1. The molecule has 2 heteroatoms. The molecule has 0 spiro atoms. The minimum atomic E-state index is 0.406. The van der Waals surface area contributed by atoms with E-state index in [1.165, 1.54) is 32.1 Å². The predicted octanol–water partition coefficient (Wildman–Crippen LogP) is 2.57. The predicted molar refractivity (Wildman–Crippen MR) is 60.2 cm³/mol. The molecule has 1 heterocycles. The summed E-state index contributed by atoms with van der Waals surface area (Å²) in [5.74, 6) is 1.54. The van der Waals surface area contributed by atoms with Gasteiger partial charge in [0, 0.05) is 19.3 Å². The lowest BCUT2D eigenvalue weighted by Crippen LogP contribution is -2.35. The highest BCUT2D eigenvalue weighted by Crippen LogP contribution is 2.24. The molecule has 0 aliphatic carbocycles. The van der Waals surface area contributed by atoms with Crippen LogP contribution in [0.5, 0.6) is 0 Å². The van der Waals surface area contributed by atoms with Gasteiger partial charge in [-0.05, 0) is 31.1 Å². The maximum absolute atomic E-state index is 6.24. The number of hydrogen-bond acceptors (Lipinski definition) is 2. The van der Waals surface area contributed by atoms with Crippen LogP contribution in [-0.4, -0.2) is 19.3 Å². The monoisotopic (exact) mass is 199 g/mol. The summed E-state index contributed by atoms with van der Waals surface area (Å²) >= 11 is 0. The Morgan fingerprint density at radius 2 is 1.79 bits per heavy atom. The van der Waals surface area contributed by atoms with Gasteiger partial charge in [-0.1, -0.05) is 26.7 Å². The largest absolute Gasteiger partial charge is 0.381 e. The van der Waals surface area contributed by atoms with Crippen LogP contribution in [0.25, 0.3) is 0 Å². The summed E-state index contributed by atoms with van der Waals surface area (Å²) in [6, 6.07) is 0.406. The van der Waals surface area contributed by atoms with Crippen LogP contribution in [0.2, 0.25) is 0 Å². The van der Waals surface area contributed by atoms with E-state index in [1.54, 1.807) is 0 Å². The topological polar surface area (TPSA) is 35.2 Å². The summed E-state index contributed by atoms with van der Waals surface area (Å²) in [4.78, 5) is 0. The Morgan fingerprint density at radius 3 is 2.29 bits per heavy atom. The summed E-state index contributed by atoms with van der Waals surface area (Å²) in [6.45, 7) is 6.37. The van der Waals surface area contributed by atoms with Crippen molar-refractivity contribution >= 4 is 0 Å². The van der Waals surface area contributed by atoms with Crippen LogP contribution in [0.3, 0.4) is 0 Å². The van der Waals surface area contributed by atoms with Crippen molar-refractivity contribution in [1.82, 2.24) is 0 Å². The minimum absolute atomic E-state index is 0.406. The van der Waals surface area contributed by atoms with Gasteiger partial charge >= 0.3 is 0 Å². The Kier molecular flexibility index (Phi) is 5.49. The smallest absolute Gasteiger partial charge is 0.0469 e. The maximum Gasteiger partial charge on any atom is 0.0469 e. The summed E-state index contributed by atoms with van der Waals surface area (Å²) in [5.41, 5.74) is 6.24. The lowest BCUT2D eigenvalue weighted by Gasteiger charge is -2.29. The SMILES string of the molecule is CCC(CC)CC(N)C1CCOCC1. The Balaban J connectivity index is 2.27. The van der Waals surface area contributed by atoms with Crippen LogP contribution in [0, 0.1) is 11.8 Å². The van der Waals surface area contributed by atoms with Gasteiger partial charge < -0.3 is 10.5 Å². The minimum Gasteiger partial charge on any atom is -0.381 e. The first-order valence-corrected chi connectivity index (χ1v) is 6.11. The molecule has 2 N–H and O–H groups in total. The van der Waals surface area contributed by atoms with Crippen molar-refractivity contribution in [3.8, 4) is 0 Å². The molecular weight excluding hydrogens is 174 g/mol. The van der Waals surface area contributed by atoms with Crippen LogP contribution in [-0.2, 0) is 4.74 Å². The molecule has 1 unspecified atom stereocenters. The van der Waals surface area contributed by atoms with Crippen LogP contribution in [0.1, 0.15) is 46.0 Å². The van der Waals surface area contributed by atoms with E-state index in [9.17, 15) is 0 Å². The van der Waals surface area contributed by atoms with E-state index < -0.39 is 0 Å². The van der Waals surface area contributed by atoms with Crippen molar-refractivity contribution in [1.29, 1.82) is 0 Å². The maximum atomic E-state index is 6.24. The van der Waals surface area contributed by atoms with Gasteiger partial charge in [0.25, 0.3) is 0 Å². The van der Waals surface area contributed by atoms with Gasteiger partial charge in [-0.3, -0.25) is 0 Å². The first kappa shape index (κ1) is 12.0. The summed E-state index contributed by atoms with van der Waals surface area (Å²) in [7, 11) is 0. The fraction of sp³-hybridized carbons (Fsp3) is 1.00. The average Bonchev–Trinajstić information content (AvgIpc) is 2.26. The standard InChI is InChI=1S/C12H25NO/c1-3-10(4-2)9-12(13)11-5-7-14-8-6-11/h10-12H,3-9,13H2,1-2H3. The lowest BCUT2D eigenvalue weighted by molar-refractivity contribution is 0.0553. The van der Waals surface area contributed by atoms with E-state index in [2.05, 4.69) is 13.8 Å². The zero-order chi connectivity index (χ0) is 10.4. The van der Waals surface area contributed by atoms with Gasteiger partial charge in [-0.2, -0.15) is 0 Å². The van der Waals surface area contributed by atoms with Crippen molar-refractivity contribution in [2.24, 2.45) is 17.6 Å². The fourth-order valence-electron chi connectivity index (χ4n) is 2.34. The number of ether oxygens (including phenoxy) is 1. The highest BCUT2D eigenvalue weighted by atomic mass is 16.5. The molecule has 1 aliphatic rings. The zero-order valence-corrected chi connectivity index (χ0v) is 9.67. The Morgan fingerprint density at radius 1 is 1.21 bits per heavy atom. The van der Waals surface area contributed by atoms with Gasteiger partial charge in [0.2, 0.25) is 0 Å². The molecule has 14 heavy (non-hydrogen) atoms. The molecule has 2 nitrogen and oxygen atoms in total. The van der Waals surface area contributed by atoms with Crippen LogP contribution < -0.4 is 5.73 Å². The van der Waals surface area contributed by atoms with E-state index in [-0.39, 0.29) is 0 Å². The van der Waals surface area contributed by atoms with E-state index in [1.807, 2.05) is 0 Å². The third kappa shape index (κ3) is 3.58. The molecule has 0 bridgehead atoms. The molecule has 0 aromatic heterocycles. The van der Waals surface area contributed by atoms with Crippen molar-refractivity contribution in [2.75, 3.05) is 13.2 Å². The fourth-order valence-corrected chi connectivity index (χ4v) is 2.34. The highest BCUT2D eigenvalue weighted by molar-refractivity contribution is 4.77. The first-order valence-electron chi connectivity index (χ1n) is 6.11. The highest BCUT2D eigenvalue weighted by Gasteiger charge is 2.22. The summed E-state index contributed by atoms with van der Waals surface area (Å²) in [5, 5.41) is 0. The van der Waals surface area contributed by atoms with Gasteiger partial charge in [0.05, 0.1) is 0 Å². The van der Waals surface area contributed by atoms with E-state index in [0.29, 0.717) is 12.0 Å². The van der Waals surface area contributed by atoms with Crippen LogP contribution >= 0.6 is 0 Å². The molecule has 1 rings (SSSR count).